The third-order valence-electron chi connectivity index (χ3n) is 2.01. The summed E-state index contributed by atoms with van der Waals surface area (Å²) in [6.07, 6.45) is 9.08. The Hall–Kier alpha value is -0.560. The molecule has 1 heteroatoms. The lowest BCUT2D eigenvalue weighted by Crippen LogP contribution is -2.20. The second-order valence-corrected chi connectivity index (χ2v) is 2.79. The summed E-state index contributed by atoms with van der Waals surface area (Å²) >= 11 is 0. The third-order valence-corrected chi connectivity index (χ3v) is 2.01. The molecule has 0 amide bonds. The van der Waals surface area contributed by atoms with Gasteiger partial charge in [-0.15, -0.1) is 6.58 Å². The minimum atomic E-state index is 0.111. The molecule has 1 unspecified atom stereocenters. The van der Waals surface area contributed by atoms with Crippen molar-refractivity contribution in [3.63, 3.8) is 0 Å². The summed E-state index contributed by atoms with van der Waals surface area (Å²) in [6.45, 7) is 3.67. The van der Waals surface area contributed by atoms with E-state index < -0.39 is 0 Å². The minimum Gasteiger partial charge on any atom is -0.321 e. The topological polar surface area (TPSA) is 26.0 Å². The second-order valence-electron chi connectivity index (χ2n) is 2.79. The molecule has 1 atom stereocenters. The summed E-state index contributed by atoms with van der Waals surface area (Å²) < 4.78 is 0. The average molecular weight is 137 g/mol. The zero-order chi connectivity index (χ0) is 7.40. The van der Waals surface area contributed by atoms with Crippen molar-refractivity contribution in [1.82, 2.24) is 0 Å². The van der Waals surface area contributed by atoms with Crippen LogP contribution in [0, 0.1) is 0 Å². The number of hydrogen-bond donors (Lipinski definition) is 1. The van der Waals surface area contributed by atoms with E-state index in [4.69, 9.17) is 5.73 Å². The molecule has 1 aliphatic rings. The predicted molar refractivity (Wildman–Crippen MR) is 44.7 cm³/mol. The van der Waals surface area contributed by atoms with Crippen molar-refractivity contribution in [2.75, 3.05) is 0 Å². The standard InChI is InChI=1S/C9H15N/c1-2-9(10)8-6-4-3-5-7-8/h2,6,9H,1,3-5,7,10H2. The average Bonchev–Trinajstić information content (AvgIpc) is 2.05. The van der Waals surface area contributed by atoms with Crippen LogP contribution in [0.4, 0.5) is 0 Å². The molecular formula is C9H15N. The fourth-order valence-corrected chi connectivity index (χ4v) is 1.32. The highest BCUT2D eigenvalue weighted by atomic mass is 14.6. The Kier molecular flexibility index (Phi) is 2.69. The molecule has 0 aromatic heterocycles. The van der Waals surface area contributed by atoms with Gasteiger partial charge in [-0.25, -0.2) is 0 Å². The number of hydrogen-bond acceptors (Lipinski definition) is 1. The van der Waals surface area contributed by atoms with Gasteiger partial charge in [0.05, 0.1) is 0 Å². The van der Waals surface area contributed by atoms with Gasteiger partial charge in [-0.2, -0.15) is 0 Å². The van der Waals surface area contributed by atoms with Gasteiger partial charge in [-0.1, -0.05) is 17.7 Å². The third kappa shape index (κ3) is 1.71. The fourth-order valence-electron chi connectivity index (χ4n) is 1.32. The van der Waals surface area contributed by atoms with Crippen LogP contribution >= 0.6 is 0 Å². The summed E-state index contributed by atoms with van der Waals surface area (Å²) in [5.74, 6) is 0. The molecule has 0 fully saturated rings. The Bertz CT molecular complexity index is 147. The molecule has 1 aliphatic carbocycles. The highest BCUT2D eigenvalue weighted by molar-refractivity contribution is 5.17. The second kappa shape index (κ2) is 3.57. The van der Waals surface area contributed by atoms with Gasteiger partial charge in [0.25, 0.3) is 0 Å². The molecule has 1 nitrogen and oxygen atoms in total. The Morgan fingerprint density at radius 1 is 1.60 bits per heavy atom. The number of nitrogens with two attached hydrogens (primary N) is 1. The Morgan fingerprint density at radius 2 is 2.40 bits per heavy atom. The van der Waals surface area contributed by atoms with Crippen molar-refractivity contribution in [3.05, 3.63) is 24.3 Å². The van der Waals surface area contributed by atoms with Gasteiger partial charge in [-0.05, 0) is 25.7 Å². The van der Waals surface area contributed by atoms with Crippen molar-refractivity contribution in [1.29, 1.82) is 0 Å². The largest absolute Gasteiger partial charge is 0.321 e. The molecule has 0 saturated carbocycles. The molecule has 0 saturated heterocycles. The van der Waals surface area contributed by atoms with Crippen molar-refractivity contribution in [3.8, 4) is 0 Å². The van der Waals surface area contributed by atoms with E-state index in [1.54, 1.807) is 0 Å². The molecule has 0 aromatic rings. The van der Waals surface area contributed by atoms with Crippen LogP contribution in [0.3, 0.4) is 0 Å². The molecule has 0 aromatic carbocycles. The summed E-state index contributed by atoms with van der Waals surface area (Å²) in [7, 11) is 0. The van der Waals surface area contributed by atoms with Crippen molar-refractivity contribution >= 4 is 0 Å². The van der Waals surface area contributed by atoms with E-state index in [2.05, 4.69) is 12.7 Å². The maximum atomic E-state index is 5.76. The van der Waals surface area contributed by atoms with Crippen LogP contribution in [0.2, 0.25) is 0 Å². The van der Waals surface area contributed by atoms with Crippen LogP contribution in [0.1, 0.15) is 25.7 Å². The first-order valence-electron chi connectivity index (χ1n) is 3.91. The summed E-state index contributed by atoms with van der Waals surface area (Å²) in [5, 5.41) is 0. The number of rotatable bonds is 2. The fraction of sp³-hybridized carbons (Fsp3) is 0.556. The SMILES string of the molecule is C=CC(N)C1=CCCCC1. The zero-order valence-corrected chi connectivity index (χ0v) is 6.34. The molecule has 0 aliphatic heterocycles. The maximum absolute atomic E-state index is 5.76. The highest BCUT2D eigenvalue weighted by Crippen LogP contribution is 2.19. The quantitative estimate of drug-likeness (QED) is 0.579. The summed E-state index contributed by atoms with van der Waals surface area (Å²) in [4.78, 5) is 0. The van der Waals surface area contributed by atoms with E-state index >= 15 is 0 Å². The van der Waals surface area contributed by atoms with Crippen LogP contribution in [0.5, 0.6) is 0 Å². The van der Waals surface area contributed by atoms with Gasteiger partial charge in [0.1, 0.15) is 0 Å². The summed E-state index contributed by atoms with van der Waals surface area (Å²) in [6, 6.07) is 0.111. The van der Waals surface area contributed by atoms with Crippen LogP contribution in [-0.2, 0) is 0 Å². The summed E-state index contributed by atoms with van der Waals surface area (Å²) in [5.41, 5.74) is 7.14. The lowest BCUT2D eigenvalue weighted by atomic mass is 9.94. The maximum Gasteiger partial charge on any atom is 0.0437 e. The van der Waals surface area contributed by atoms with Gasteiger partial charge < -0.3 is 5.73 Å². The van der Waals surface area contributed by atoms with E-state index in [0.29, 0.717) is 0 Å². The molecule has 0 radical (unpaired) electrons. The van der Waals surface area contributed by atoms with Crippen LogP contribution in [0.25, 0.3) is 0 Å². The van der Waals surface area contributed by atoms with Crippen molar-refractivity contribution in [2.45, 2.75) is 31.7 Å². The smallest absolute Gasteiger partial charge is 0.0437 e. The molecule has 2 N–H and O–H groups in total. The van der Waals surface area contributed by atoms with E-state index in [0.717, 1.165) is 0 Å². The first-order valence-corrected chi connectivity index (χ1v) is 3.91. The molecule has 0 heterocycles. The molecule has 1 rings (SSSR count). The van der Waals surface area contributed by atoms with E-state index in [-0.39, 0.29) is 6.04 Å². The predicted octanol–water partition coefficient (Wildman–Crippen LogP) is 2.00. The van der Waals surface area contributed by atoms with Crippen LogP contribution < -0.4 is 5.73 Å². The zero-order valence-electron chi connectivity index (χ0n) is 6.34. The highest BCUT2D eigenvalue weighted by Gasteiger charge is 2.07. The lowest BCUT2D eigenvalue weighted by Gasteiger charge is -2.15. The normalized spacial score (nSPS) is 21.5. The van der Waals surface area contributed by atoms with Crippen molar-refractivity contribution < 1.29 is 0 Å². The van der Waals surface area contributed by atoms with E-state index in [9.17, 15) is 0 Å². The first-order chi connectivity index (χ1) is 4.84. The minimum absolute atomic E-state index is 0.111. The Labute approximate surface area is 62.6 Å². The van der Waals surface area contributed by atoms with Gasteiger partial charge in [0, 0.05) is 6.04 Å². The van der Waals surface area contributed by atoms with E-state index in [1.165, 1.54) is 31.3 Å². The van der Waals surface area contributed by atoms with Gasteiger partial charge in [-0.3, -0.25) is 0 Å². The Morgan fingerprint density at radius 3 is 2.90 bits per heavy atom. The number of allylic oxidation sites excluding steroid dienone is 1. The molecule has 10 heavy (non-hydrogen) atoms. The molecular weight excluding hydrogens is 122 g/mol. The van der Waals surface area contributed by atoms with E-state index in [1.807, 2.05) is 6.08 Å². The lowest BCUT2D eigenvalue weighted by molar-refractivity contribution is 0.670. The molecule has 56 valence electrons. The van der Waals surface area contributed by atoms with Gasteiger partial charge >= 0.3 is 0 Å². The van der Waals surface area contributed by atoms with Crippen LogP contribution in [-0.4, -0.2) is 6.04 Å². The Balaban J connectivity index is 2.52. The van der Waals surface area contributed by atoms with Crippen LogP contribution in [0.15, 0.2) is 24.3 Å². The molecule has 0 spiro atoms. The van der Waals surface area contributed by atoms with Gasteiger partial charge in [0.15, 0.2) is 0 Å². The van der Waals surface area contributed by atoms with Gasteiger partial charge in [0.2, 0.25) is 0 Å². The monoisotopic (exact) mass is 137 g/mol. The van der Waals surface area contributed by atoms with Crippen molar-refractivity contribution in [2.24, 2.45) is 5.73 Å². The molecule has 0 bridgehead atoms. The first kappa shape index (κ1) is 7.55.